The Morgan fingerprint density at radius 1 is 0.710 bits per heavy atom. The van der Waals surface area contributed by atoms with Gasteiger partial charge in [-0.2, -0.15) is 0 Å². The van der Waals surface area contributed by atoms with Gasteiger partial charge in [-0.1, -0.05) is 12.8 Å². The number of hydrogen-bond acceptors (Lipinski definition) is 8. The molecule has 0 aliphatic carbocycles. The minimum Gasteiger partial charge on any atom is -0.374 e. The zero-order valence-electron chi connectivity index (χ0n) is 20.2. The van der Waals surface area contributed by atoms with Crippen molar-refractivity contribution in [1.29, 1.82) is 0 Å². The van der Waals surface area contributed by atoms with Gasteiger partial charge in [0.1, 0.15) is 0 Å². The molecule has 0 bridgehead atoms. The number of rotatable bonds is 20. The first kappa shape index (κ1) is 30.8. The molecule has 0 saturated heterocycles. The molecule has 0 saturated carbocycles. The van der Waals surface area contributed by atoms with Gasteiger partial charge in [0.25, 0.3) is 0 Å². The molecule has 0 aliphatic heterocycles. The van der Waals surface area contributed by atoms with E-state index in [-0.39, 0.29) is 6.03 Å². The smallest absolute Gasteiger partial charge is 0.374 e. The fourth-order valence-electron chi connectivity index (χ4n) is 3.14. The van der Waals surface area contributed by atoms with Crippen molar-refractivity contribution in [2.45, 2.75) is 66.5 Å². The normalized spacial score (nSPS) is 12.2. The van der Waals surface area contributed by atoms with Gasteiger partial charge < -0.3 is 31.9 Å². The summed E-state index contributed by atoms with van der Waals surface area (Å²) in [6.07, 6.45) is 1.38. The van der Waals surface area contributed by atoms with Crippen LogP contribution in [0.3, 0.4) is 0 Å². The Morgan fingerprint density at radius 3 is 1.42 bits per heavy atom. The van der Waals surface area contributed by atoms with E-state index >= 15 is 0 Å². The molecule has 0 aromatic rings. The minimum absolute atomic E-state index is 0.240. The fraction of sp³-hybridized carbons (Fsp3) is 0.947. The Morgan fingerprint density at radius 2 is 1.06 bits per heavy atom. The predicted molar refractivity (Wildman–Crippen MR) is 129 cm³/mol. The minimum atomic E-state index is -2.70. The topological polar surface area (TPSA) is 87.7 Å². The first-order valence-electron chi connectivity index (χ1n) is 11.5. The van der Waals surface area contributed by atoms with E-state index in [1.54, 1.807) is 0 Å². The molecule has 1 N–H and O–H groups in total. The molecule has 31 heavy (non-hydrogen) atoms. The van der Waals surface area contributed by atoms with Crippen LogP contribution in [0.1, 0.15) is 54.4 Å². The summed E-state index contributed by atoms with van der Waals surface area (Å²) < 4.78 is 36.4. The summed E-state index contributed by atoms with van der Waals surface area (Å²) in [5.74, 6) is 0. The summed E-state index contributed by atoms with van der Waals surface area (Å²) in [5, 5.41) is 2.89. The zero-order chi connectivity index (χ0) is 23.6. The Balaban J connectivity index is 4.47. The SMILES string of the molecule is CCO[Si](CCCNC(=O)N(S)CCC[Si](OCC)(OCC)OCC)(OCC)OCC. The van der Waals surface area contributed by atoms with Gasteiger partial charge in [0.2, 0.25) is 0 Å². The van der Waals surface area contributed by atoms with Crippen molar-refractivity contribution < 1.29 is 31.4 Å². The molecule has 12 heteroatoms. The molecule has 0 unspecified atom stereocenters. The molecule has 0 aromatic carbocycles. The molecule has 0 spiro atoms. The Kier molecular flexibility index (Phi) is 18.2. The van der Waals surface area contributed by atoms with Crippen molar-refractivity contribution in [3.05, 3.63) is 0 Å². The summed E-state index contributed by atoms with van der Waals surface area (Å²) in [5.41, 5.74) is 0. The van der Waals surface area contributed by atoms with Gasteiger partial charge in [-0.15, -0.1) is 0 Å². The van der Waals surface area contributed by atoms with Crippen LogP contribution in [-0.4, -0.2) is 80.7 Å². The highest BCUT2D eigenvalue weighted by molar-refractivity contribution is 7.78. The molecule has 0 aromatic heterocycles. The van der Waals surface area contributed by atoms with Crippen molar-refractivity contribution in [3.63, 3.8) is 0 Å². The predicted octanol–water partition coefficient (Wildman–Crippen LogP) is 3.72. The summed E-state index contributed by atoms with van der Waals surface area (Å²) in [4.78, 5) is 12.4. The van der Waals surface area contributed by atoms with E-state index in [0.717, 1.165) is 0 Å². The van der Waals surface area contributed by atoms with Gasteiger partial charge in [-0.05, 0) is 54.4 Å². The third-order valence-corrected chi connectivity index (χ3v) is 10.9. The molecular weight excluding hydrogens is 456 g/mol. The molecule has 0 rings (SSSR count). The average molecular weight is 501 g/mol. The van der Waals surface area contributed by atoms with Crippen molar-refractivity contribution >= 4 is 36.5 Å². The lowest BCUT2D eigenvalue weighted by Gasteiger charge is -2.29. The van der Waals surface area contributed by atoms with Crippen LogP contribution in [0.15, 0.2) is 0 Å². The number of hydrogen-bond donors (Lipinski definition) is 2. The number of carbonyl (C=O) groups is 1. The summed E-state index contributed by atoms with van der Waals surface area (Å²) >= 11 is 4.32. The Labute approximate surface area is 196 Å². The second kappa shape index (κ2) is 18.3. The largest absolute Gasteiger partial charge is 0.500 e. The maximum absolute atomic E-state index is 12.4. The molecule has 0 heterocycles. The van der Waals surface area contributed by atoms with E-state index in [4.69, 9.17) is 26.6 Å². The first-order chi connectivity index (χ1) is 14.9. The molecule has 2 amide bonds. The number of nitrogens with one attached hydrogen (secondary N) is 1. The standard InChI is InChI=1S/C19H44N2O7SSi2/c1-7-23-30(24-8-2,25-9-3)17-13-15-20-19(22)21(29)16-14-18-31(26-10-4,27-11-5)28-12-6/h29H,7-18H2,1-6H3,(H,20,22). The molecule has 0 atom stereocenters. The number of nitrogens with zero attached hydrogens (tertiary/aromatic N) is 1. The van der Waals surface area contributed by atoms with E-state index in [9.17, 15) is 4.79 Å². The van der Waals surface area contributed by atoms with Crippen LogP contribution in [0.5, 0.6) is 0 Å². The Bertz CT molecular complexity index is 433. The number of thiol groups is 1. The summed E-state index contributed by atoms with van der Waals surface area (Å²) in [7, 11) is -5.38. The van der Waals surface area contributed by atoms with Crippen molar-refractivity contribution in [2.75, 3.05) is 52.7 Å². The monoisotopic (exact) mass is 500 g/mol. The van der Waals surface area contributed by atoms with Gasteiger partial charge in [0.05, 0.1) is 0 Å². The van der Waals surface area contributed by atoms with Crippen LogP contribution in [0.25, 0.3) is 0 Å². The molecule has 0 fully saturated rings. The summed E-state index contributed by atoms with van der Waals surface area (Å²) in [6.45, 7) is 15.8. The third kappa shape index (κ3) is 12.6. The summed E-state index contributed by atoms with van der Waals surface area (Å²) in [6, 6.07) is 1.05. The molecule has 9 nitrogen and oxygen atoms in total. The van der Waals surface area contributed by atoms with Crippen molar-refractivity contribution in [1.82, 2.24) is 9.62 Å². The van der Waals surface area contributed by atoms with E-state index < -0.39 is 17.6 Å². The second-order valence-corrected chi connectivity index (χ2v) is 12.5. The highest BCUT2D eigenvalue weighted by Gasteiger charge is 2.40. The lowest BCUT2D eigenvalue weighted by Crippen LogP contribution is -2.47. The van der Waals surface area contributed by atoms with E-state index in [1.807, 2.05) is 41.5 Å². The molecular formula is C19H44N2O7SSi2. The van der Waals surface area contributed by atoms with E-state index in [0.29, 0.717) is 77.7 Å². The van der Waals surface area contributed by atoms with Crippen LogP contribution >= 0.6 is 12.8 Å². The maximum Gasteiger partial charge on any atom is 0.500 e. The van der Waals surface area contributed by atoms with E-state index in [1.165, 1.54) is 4.31 Å². The van der Waals surface area contributed by atoms with Crippen LogP contribution in [-0.2, 0) is 26.6 Å². The lowest BCUT2D eigenvalue weighted by molar-refractivity contribution is 0.0701. The van der Waals surface area contributed by atoms with Crippen LogP contribution < -0.4 is 5.32 Å². The molecule has 186 valence electrons. The highest BCUT2D eigenvalue weighted by Crippen LogP contribution is 2.19. The Hall–Kier alpha value is -0.186. The zero-order valence-corrected chi connectivity index (χ0v) is 23.1. The number of carbonyl (C=O) groups excluding carboxylic acids is 1. The van der Waals surface area contributed by atoms with Gasteiger partial charge in [0.15, 0.2) is 0 Å². The van der Waals surface area contributed by atoms with Crippen molar-refractivity contribution in [2.24, 2.45) is 0 Å². The fourth-order valence-corrected chi connectivity index (χ4v) is 8.56. The maximum atomic E-state index is 12.4. The van der Waals surface area contributed by atoms with Gasteiger partial charge in [-0.3, -0.25) is 4.31 Å². The van der Waals surface area contributed by atoms with Crippen LogP contribution in [0.2, 0.25) is 12.1 Å². The second-order valence-electron chi connectivity index (χ2n) is 6.53. The molecule has 0 radical (unpaired) electrons. The lowest BCUT2D eigenvalue weighted by atomic mass is 10.4. The van der Waals surface area contributed by atoms with Gasteiger partial charge in [0, 0.05) is 64.8 Å². The van der Waals surface area contributed by atoms with E-state index in [2.05, 4.69) is 18.1 Å². The number of amides is 2. The van der Waals surface area contributed by atoms with Gasteiger partial charge in [-0.25, -0.2) is 4.79 Å². The van der Waals surface area contributed by atoms with Crippen LogP contribution in [0, 0.1) is 0 Å². The molecule has 0 aliphatic rings. The number of urea groups is 1. The van der Waals surface area contributed by atoms with Gasteiger partial charge >= 0.3 is 23.6 Å². The average Bonchev–Trinajstić information content (AvgIpc) is 2.72. The first-order valence-corrected chi connectivity index (χ1v) is 15.7. The van der Waals surface area contributed by atoms with Crippen LogP contribution in [0.4, 0.5) is 4.79 Å². The third-order valence-electron chi connectivity index (χ3n) is 4.21. The highest BCUT2D eigenvalue weighted by atomic mass is 32.1. The quantitative estimate of drug-likeness (QED) is 0.150. The van der Waals surface area contributed by atoms with Crippen molar-refractivity contribution in [3.8, 4) is 0 Å².